The van der Waals surface area contributed by atoms with Crippen LogP contribution in [0.15, 0.2) is 72.9 Å². The van der Waals surface area contributed by atoms with Gasteiger partial charge in [-0.1, -0.05) is 24.3 Å². The fraction of sp³-hybridized carbons (Fsp3) is 0.200. The lowest BCUT2D eigenvalue weighted by molar-refractivity contribution is -0.385. The number of nitrogens with two attached hydrogens (primary N) is 1. The van der Waals surface area contributed by atoms with E-state index in [0.29, 0.717) is 42.9 Å². The normalized spacial score (nSPS) is 14.6. The summed E-state index contributed by atoms with van der Waals surface area (Å²) in [5.41, 5.74) is 7.35. The molecule has 4 rings (SSSR count). The highest BCUT2D eigenvalue weighted by Gasteiger charge is 2.20. The molecular formula is C30H30N4O8. The minimum absolute atomic E-state index is 0.143. The number of carbonyl (C=O) groups is 4. The summed E-state index contributed by atoms with van der Waals surface area (Å²) < 4.78 is 9.96. The van der Waals surface area contributed by atoms with Crippen LogP contribution in [0.4, 0.5) is 11.4 Å². The molecular weight excluding hydrogens is 544 g/mol. The fourth-order valence-corrected chi connectivity index (χ4v) is 3.94. The molecule has 2 aromatic rings. The van der Waals surface area contributed by atoms with E-state index in [2.05, 4.69) is 0 Å². The zero-order valence-electron chi connectivity index (χ0n) is 23.1. The molecule has 0 unspecified atom stereocenters. The molecule has 4 amide bonds. The summed E-state index contributed by atoms with van der Waals surface area (Å²) in [4.78, 5) is 59.7. The summed E-state index contributed by atoms with van der Waals surface area (Å²) in [6.07, 6.45) is 13.2. The lowest BCUT2D eigenvalue weighted by atomic mass is 10.1. The predicted octanol–water partition coefficient (Wildman–Crippen LogP) is 3.54. The highest BCUT2D eigenvalue weighted by Crippen LogP contribution is 2.28. The summed E-state index contributed by atoms with van der Waals surface area (Å²) in [7, 11) is 2.89. The van der Waals surface area contributed by atoms with Crippen LogP contribution in [0.3, 0.4) is 0 Å². The van der Waals surface area contributed by atoms with Crippen molar-refractivity contribution in [1.82, 2.24) is 9.80 Å². The number of nitrogen functional groups attached to an aromatic ring is 1. The standard InChI is InChI=1S/C15H14N2O5.C15H16N2O3/c1-22-13-7-5-11(10-12(13)17(20)21)6-8-15(19)16-9-3-2-4-14(16)18;1-20-13-7-5-11(10-12(13)16)6-8-15(19)17-9-3-2-4-14(17)18/h2,4-8,10H,3,9H2,1H3;2,4-8,10H,3,9,16H2,1H3/b2*8-6+. The van der Waals surface area contributed by atoms with Crippen molar-refractivity contribution in [2.75, 3.05) is 33.0 Å². The predicted molar refractivity (Wildman–Crippen MR) is 156 cm³/mol. The molecule has 0 saturated carbocycles. The van der Waals surface area contributed by atoms with E-state index in [1.165, 1.54) is 54.5 Å². The van der Waals surface area contributed by atoms with Crippen molar-refractivity contribution in [2.45, 2.75) is 12.8 Å². The number of nitro benzene ring substituents is 1. The second kappa shape index (κ2) is 14.7. The van der Waals surface area contributed by atoms with Crippen molar-refractivity contribution in [2.24, 2.45) is 0 Å². The first kappa shape index (κ1) is 31.0. The van der Waals surface area contributed by atoms with Gasteiger partial charge in [-0.3, -0.25) is 39.1 Å². The van der Waals surface area contributed by atoms with Crippen LogP contribution < -0.4 is 15.2 Å². The van der Waals surface area contributed by atoms with Crippen molar-refractivity contribution in [3.05, 3.63) is 94.1 Å². The number of hydrogen-bond donors (Lipinski definition) is 1. The molecule has 0 spiro atoms. The Morgan fingerprint density at radius 1 is 0.833 bits per heavy atom. The van der Waals surface area contributed by atoms with Crippen molar-refractivity contribution >= 4 is 47.2 Å². The molecule has 0 bridgehead atoms. The molecule has 0 saturated heterocycles. The summed E-state index contributed by atoms with van der Waals surface area (Å²) in [5, 5.41) is 10.9. The van der Waals surface area contributed by atoms with Crippen LogP contribution in [0.25, 0.3) is 12.2 Å². The number of rotatable bonds is 7. The summed E-state index contributed by atoms with van der Waals surface area (Å²) in [6, 6.07) is 9.58. The van der Waals surface area contributed by atoms with E-state index in [1.807, 2.05) is 0 Å². The third kappa shape index (κ3) is 8.24. The van der Waals surface area contributed by atoms with Gasteiger partial charge in [0.15, 0.2) is 5.75 Å². The number of carbonyl (C=O) groups excluding carboxylic acids is 4. The molecule has 2 aromatic carbocycles. The van der Waals surface area contributed by atoms with Gasteiger partial charge in [-0.2, -0.15) is 0 Å². The zero-order chi connectivity index (χ0) is 30.6. The SMILES string of the molecule is COc1ccc(/C=C/C(=O)N2CCC=CC2=O)cc1N.COc1ccc(/C=C/C(=O)N2CCC=CC2=O)cc1[N+](=O)[O-]. The van der Waals surface area contributed by atoms with E-state index in [9.17, 15) is 29.3 Å². The van der Waals surface area contributed by atoms with Crippen LogP contribution in [0.1, 0.15) is 24.0 Å². The maximum Gasteiger partial charge on any atom is 0.311 e. The van der Waals surface area contributed by atoms with Crippen molar-refractivity contribution in [3.63, 3.8) is 0 Å². The molecule has 218 valence electrons. The second-order valence-corrected chi connectivity index (χ2v) is 8.89. The number of nitro groups is 1. The molecule has 2 aliphatic rings. The lowest BCUT2D eigenvalue weighted by Gasteiger charge is -2.19. The van der Waals surface area contributed by atoms with E-state index in [-0.39, 0.29) is 29.2 Å². The third-order valence-corrected chi connectivity index (χ3v) is 6.11. The van der Waals surface area contributed by atoms with Crippen LogP contribution in [0, 0.1) is 10.1 Å². The first-order chi connectivity index (χ1) is 20.1. The van der Waals surface area contributed by atoms with Gasteiger partial charge in [-0.25, -0.2) is 0 Å². The first-order valence-corrected chi connectivity index (χ1v) is 12.8. The Morgan fingerprint density at radius 3 is 1.74 bits per heavy atom. The smallest absolute Gasteiger partial charge is 0.311 e. The Balaban J connectivity index is 0.000000231. The van der Waals surface area contributed by atoms with Gasteiger partial charge in [-0.05, 0) is 66.5 Å². The highest BCUT2D eigenvalue weighted by molar-refractivity contribution is 6.07. The van der Waals surface area contributed by atoms with Crippen LogP contribution in [0.5, 0.6) is 11.5 Å². The number of hydrogen-bond acceptors (Lipinski definition) is 9. The molecule has 0 aromatic heterocycles. The Kier molecular flexibility index (Phi) is 10.9. The molecule has 12 heteroatoms. The van der Waals surface area contributed by atoms with Gasteiger partial charge in [0.1, 0.15) is 5.75 Å². The Labute approximate surface area is 242 Å². The molecule has 42 heavy (non-hydrogen) atoms. The summed E-state index contributed by atoms with van der Waals surface area (Å²) in [5.74, 6) is -0.682. The average Bonchev–Trinajstić information content (AvgIpc) is 2.99. The van der Waals surface area contributed by atoms with E-state index >= 15 is 0 Å². The van der Waals surface area contributed by atoms with Gasteiger partial charge in [0.2, 0.25) is 0 Å². The molecule has 0 radical (unpaired) electrons. The van der Waals surface area contributed by atoms with Crippen molar-refractivity contribution < 1.29 is 33.6 Å². The zero-order valence-corrected chi connectivity index (χ0v) is 23.1. The topological polar surface area (TPSA) is 162 Å². The van der Waals surface area contributed by atoms with Crippen LogP contribution in [-0.2, 0) is 19.2 Å². The third-order valence-electron chi connectivity index (χ3n) is 6.11. The number of imide groups is 2. The van der Waals surface area contributed by atoms with Gasteiger partial charge < -0.3 is 15.2 Å². The first-order valence-electron chi connectivity index (χ1n) is 12.8. The molecule has 0 fully saturated rings. The van der Waals surface area contributed by atoms with Crippen LogP contribution in [0.2, 0.25) is 0 Å². The number of amides is 4. The fourth-order valence-electron chi connectivity index (χ4n) is 3.94. The van der Waals surface area contributed by atoms with Crippen molar-refractivity contribution in [1.29, 1.82) is 0 Å². The van der Waals surface area contributed by atoms with Gasteiger partial charge >= 0.3 is 5.69 Å². The Hall–Kier alpha value is -5.52. The highest BCUT2D eigenvalue weighted by atomic mass is 16.6. The number of anilines is 1. The van der Waals surface area contributed by atoms with Crippen molar-refractivity contribution in [3.8, 4) is 11.5 Å². The minimum Gasteiger partial charge on any atom is -0.495 e. The monoisotopic (exact) mass is 574 g/mol. The van der Waals surface area contributed by atoms with Crippen LogP contribution >= 0.6 is 0 Å². The maximum absolute atomic E-state index is 11.9. The molecule has 2 aliphatic heterocycles. The molecule has 0 atom stereocenters. The quantitative estimate of drug-likeness (QED) is 0.226. The van der Waals surface area contributed by atoms with Gasteiger partial charge in [0, 0.05) is 31.3 Å². The Morgan fingerprint density at radius 2 is 1.31 bits per heavy atom. The van der Waals surface area contributed by atoms with Crippen LogP contribution in [-0.4, -0.2) is 65.7 Å². The molecule has 12 nitrogen and oxygen atoms in total. The Bertz CT molecular complexity index is 1490. The number of nitrogens with zero attached hydrogens (tertiary/aromatic N) is 3. The average molecular weight is 575 g/mol. The molecule has 0 aliphatic carbocycles. The van der Waals surface area contributed by atoms with Gasteiger partial charge in [0.05, 0.1) is 24.8 Å². The largest absolute Gasteiger partial charge is 0.495 e. The van der Waals surface area contributed by atoms with E-state index < -0.39 is 10.8 Å². The van der Waals surface area contributed by atoms with Gasteiger partial charge in [-0.15, -0.1) is 0 Å². The number of benzene rings is 2. The maximum atomic E-state index is 11.9. The molecule has 2 heterocycles. The summed E-state index contributed by atoms with van der Waals surface area (Å²) >= 11 is 0. The minimum atomic E-state index is -0.559. The van der Waals surface area contributed by atoms with E-state index in [0.717, 1.165) is 10.5 Å². The number of methoxy groups -OCH3 is 2. The van der Waals surface area contributed by atoms with Gasteiger partial charge in [0.25, 0.3) is 23.6 Å². The molecule has 2 N–H and O–H groups in total. The summed E-state index contributed by atoms with van der Waals surface area (Å²) in [6.45, 7) is 0.754. The van der Waals surface area contributed by atoms with E-state index in [4.69, 9.17) is 15.2 Å². The second-order valence-electron chi connectivity index (χ2n) is 8.89. The number of ether oxygens (including phenoxy) is 2. The lowest BCUT2D eigenvalue weighted by Crippen LogP contribution is -2.37. The van der Waals surface area contributed by atoms with E-state index in [1.54, 1.807) is 49.6 Å².